The minimum atomic E-state index is 0. The van der Waals surface area contributed by atoms with Crippen LogP contribution in [0.2, 0.25) is 0 Å². The fraction of sp³-hybridized carbons (Fsp3) is 0.529. The van der Waals surface area contributed by atoms with E-state index < -0.39 is 0 Å². The molecule has 1 saturated carbocycles. The van der Waals surface area contributed by atoms with E-state index >= 15 is 0 Å². The Labute approximate surface area is 154 Å². The molecule has 1 fully saturated rings. The number of benzene rings is 1. The number of carbonyl (C=O) groups excluding carboxylic acids is 1. The number of aliphatic imine (C=N–C) groups is 1. The van der Waals surface area contributed by atoms with Gasteiger partial charge in [-0.2, -0.15) is 0 Å². The van der Waals surface area contributed by atoms with Crippen LogP contribution < -0.4 is 16.4 Å². The molecule has 1 atom stereocenters. The number of guanidine groups is 1. The topological polar surface area (TPSA) is 79.5 Å². The van der Waals surface area contributed by atoms with Gasteiger partial charge >= 0.3 is 0 Å². The lowest BCUT2D eigenvalue weighted by Gasteiger charge is -2.25. The second-order valence-electron chi connectivity index (χ2n) is 6.24. The Morgan fingerprint density at radius 2 is 2.00 bits per heavy atom. The molecule has 4 N–H and O–H groups in total. The monoisotopic (exact) mass is 428 g/mol. The molecule has 1 heterocycles. The summed E-state index contributed by atoms with van der Waals surface area (Å²) in [6, 6.07) is 8.38. The number of rotatable bonds is 3. The highest BCUT2D eigenvalue weighted by molar-refractivity contribution is 14.0. The summed E-state index contributed by atoms with van der Waals surface area (Å²) < 4.78 is 0. The Kier molecular flexibility index (Phi) is 6.68. The van der Waals surface area contributed by atoms with Crippen LogP contribution in [0.25, 0.3) is 0 Å². The summed E-state index contributed by atoms with van der Waals surface area (Å²) in [7, 11) is 0. The van der Waals surface area contributed by atoms with E-state index in [0.29, 0.717) is 25.0 Å². The first-order chi connectivity index (χ1) is 10.7. The number of hydrogen-bond donors (Lipinski definition) is 3. The number of nitrogens with one attached hydrogen (secondary N) is 2. The van der Waals surface area contributed by atoms with Crippen LogP contribution in [-0.2, 0) is 4.79 Å². The van der Waals surface area contributed by atoms with E-state index in [9.17, 15) is 4.79 Å². The van der Waals surface area contributed by atoms with E-state index in [-0.39, 0.29) is 35.8 Å². The summed E-state index contributed by atoms with van der Waals surface area (Å²) in [5.41, 5.74) is 8.06. The first kappa shape index (κ1) is 18.0. The molecular weight excluding hydrogens is 403 g/mol. The average Bonchev–Trinajstić information content (AvgIpc) is 2.53. The van der Waals surface area contributed by atoms with Crippen molar-refractivity contribution in [2.45, 2.75) is 50.5 Å². The molecule has 23 heavy (non-hydrogen) atoms. The predicted molar refractivity (Wildman–Crippen MR) is 104 cm³/mol. The number of para-hydroxylation sites is 1. The van der Waals surface area contributed by atoms with Crippen molar-refractivity contribution < 1.29 is 4.79 Å². The number of fused-ring (bicyclic) bond motifs is 1. The molecule has 1 unspecified atom stereocenters. The van der Waals surface area contributed by atoms with Gasteiger partial charge in [0.2, 0.25) is 5.91 Å². The molecule has 0 radical (unpaired) electrons. The number of anilines is 1. The Balaban J connectivity index is 0.00000192. The van der Waals surface area contributed by atoms with Gasteiger partial charge in [-0.3, -0.25) is 9.79 Å². The zero-order valence-electron chi connectivity index (χ0n) is 13.3. The third kappa shape index (κ3) is 4.83. The van der Waals surface area contributed by atoms with Gasteiger partial charge in [-0.05, 0) is 24.5 Å². The summed E-state index contributed by atoms with van der Waals surface area (Å²) in [6.45, 7) is 0.552. The molecule has 6 heteroatoms. The Morgan fingerprint density at radius 1 is 1.26 bits per heavy atom. The molecule has 3 rings (SSSR count). The van der Waals surface area contributed by atoms with Crippen LogP contribution in [-0.4, -0.2) is 24.5 Å². The minimum absolute atomic E-state index is 0. The van der Waals surface area contributed by atoms with Gasteiger partial charge in [-0.15, -0.1) is 24.0 Å². The summed E-state index contributed by atoms with van der Waals surface area (Å²) in [5, 5.41) is 6.23. The molecule has 0 spiro atoms. The lowest BCUT2D eigenvalue weighted by molar-refractivity contribution is -0.116. The van der Waals surface area contributed by atoms with E-state index in [1.165, 1.54) is 32.1 Å². The molecule has 1 aromatic rings. The number of carbonyl (C=O) groups is 1. The first-order valence-corrected chi connectivity index (χ1v) is 8.17. The summed E-state index contributed by atoms with van der Waals surface area (Å²) in [5.74, 6) is 0.671. The van der Waals surface area contributed by atoms with Crippen LogP contribution in [0.4, 0.5) is 5.69 Å². The van der Waals surface area contributed by atoms with Crippen LogP contribution in [0, 0.1) is 0 Å². The van der Waals surface area contributed by atoms with Gasteiger partial charge in [0.05, 0.1) is 6.54 Å². The average molecular weight is 428 g/mol. The number of hydrogen-bond acceptors (Lipinski definition) is 2. The number of nitrogens with two attached hydrogens (primary N) is 1. The van der Waals surface area contributed by atoms with Crippen LogP contribution >= 0.6 is 24.0 Å². The SMILES string of the molecule is I.NC(=NCC1CC(=O)Nc2ccccc21)NC1CCCCC1. The van der Waals surface area contributed by atoms with Crippen LogP contribution in [0.15, 0.2) is 29.3 Å². The number of amides is 1. The molecule has 1 aliphatic carbocycles. The maximum atomic E-state index is 11.8. The van der Waals surface area contributed by atoms with Gasteiger partial charge in [0.15, 0.2) is 5.96 Å². The molecule has 5 nitrogen and oxygen atoms in total. The second kappa shape index (κ2) is 8.52. The van der Waals surface area contributed by atoms with Crippen molar-refractivity contribution in [3.05, 3.63) is 29.8 Å². The molecule has 126 valence electrons. The van der Waals surface area contributed by atoms with Crippen molar-refractivity contribution in [1.29, 1.82) is 0 Å². The van der Waals surface area contributed by atoms with Gasteiger partial charge in [0.25, 0.3) is 0 Å². The van der Waals surface area contributed by atoms with Crippen LogP contribution in [0.5, 0.6) is 0 Å². The molecule has 1 amide bonds. The molecule has 0 aromatic heterocycles. The van der Waals surface area contributed by atoms with E-state index in [1.807, 2.05) is 18.2 Å². The van der Waals surface area contributed by atoms with Gasteiger partial charge in [0, 0.05) is 24.1 Å². The molecule has 2 aliphatic rings. The lowest BCUT2D eigenvalue weighted by Crippen LogP contribution is -2.41. The molecule has 1 aromatic carbocycles. The Hall–Kier alpha value is -1.31. The Bertz CT molecular complexity index is 569. The van der Waals surface area contributed by atoms with Gasteiger partial charge in [0.1, 0.15) is 0 Å². The van der Waals surface area contributed by atoms with Crippen LogP contribution in [0.1, 0.15) is 50.0 Å². The summed E-state index contributed by atoms with van der Waals surface area (Å²) in [4.78, 5) is 16.3. The predicted octanol–water partition coefficient (Wildman–Crippen LogP) is 2.97. The largest absolute Gasteiger partial charge is 0.370 e. The van der Waals surface area contributed by atoms with Crippen molar-refractivity contribution >= 4 is 41.5 Å². The van der Waals surface area contributed by atoms with Crippen molar-refractivity contribution in [3.8, 4) is 0 Å². The highest BCUT2D eigenvalue weighted by Crippen LogP contribution is 2.31. The molecule has 0 saturated heterocycles. The smallest absolute Gasteiger partial charge is 0.225 e. The zero-order valence-corrected chi connectivity index (χ0v) is 15.6. The number of halogens is 1. The van der Waals surface area contributed by atoms with Gasteiger partial charge in [-0.25, -0.2) is 0 Å². The normalized spacial score (nSPS) is 21.8. The maximum Gasteiger partial charge on any atom is 0.225 e. The highest BCUT2D eigenvalue weighted by atomic mass is 127. The quantitative estimate of drug-likeness (QED) is 0.394. The second-order valence-corrected chi connectivity index (χ2v) is 6.24. The Morgan fingerprint density at radius 3 is 2.78 bits per heavy atom. The van der Waals surface area contributed by atoms with Gasteiger partial charge in [-0.1, -0.05) is 37.5 Å². The van der Waals surface area contributed by atoms with Crippen molar-refractivity contribution in [2.75, 3.05) is 11.9 Å². The molecule has 0 bridgehead atoms. The summed E-state index contributed by atoms with van der Waals surface area (Å²) in [6.07, 6.45) is 6.67. The van der Waals surface area contributed by atoms with Crippen molar-refractivity contribution in [1.82, 2.24) is 5.32 Å². The standard InChI is InChI=1S/C17H24N4O.HI/c18-17(20-13-6-2-1-3-7-13)19-11-12-10-16(22)21-15-9-5-4-8-14(12)15;/h4-5,8-9,12-13H,1-3,6-7,10-11H2,(H,21,22)(H3,18,19,20);1H. The highest BCUT2D eigenvalue weighted by Gasteiger charge is 2.24. The van der Waals surface area contributed by atoms with Crippen molar-refractivity contribution in [3.63, 3.8) is 0 Å². The lowest BCUT2D eigenvalue weighted by atomic mass is 9.91. The van der Waals surface area contributed by atoms with Gasteiger partial charge < -0.3 is 16.4 Å². The zero-order chi connectivity index (χ0) is 15.4. The first-order valence-electron chi connectivity index (χ1n) is 8.17. The minimum Gasteiger partial charge on any atom is -0.370 e. The van der Waals surface area contributed by atoms with Crippen LogP contribution in [0.3, 0.4) is 0 Å². The van der Waals surface area contributed by atoms with E-state index in [0.717, 1.165) is 11.3 Å². The van der Waals surface area contributed by atoms with Crippen molar-refractivity contribution in [2.24, 2.45) is 10.7 Å². The number of nitrogens with zero attached hydrogens (tertiary/aromatic N) is 1. The molecule has 1 aliphatic heterocycles. The summed E-state index contributed by atoms with van der Waals surface area (Å²) >= 11 is 0. The van der Waals surface area contributed by atoms with E-state index in [1.54, 1.807) is 0 Å². The van der Waals surface area contributed by atoms with E-state index in [4.69, 9.17) is 5.73 Å². The molecular formula is C17H25IN4O. The third-order valence-corrected chi connectivity index (χ3v) is 4.55. The van der Waals surface area contributed by atoms with E-state index in [2.05, 4.69) is 21.7 Å². The fourth-order valence-electron chi connectivity index (χ4n) is 3.37. The fourth-order valence-corrected chi connectivity index (χ4v) is 3.37. The maximum absolute atomic E-state index is 11.8. The third-order valence-electron chi connectivity index (χ3n) is 4.55.